The minimum Gasteiger partial charge on any atom is -0.465 e. The lowest BCUT2D eigenvalue weighted by Gasteiger charge is -2.19. The first-order chi connectivity index (χ1) is 12.3. The van der Waals surface area contributed by atoms with Crippen molar-refractivity contribution >= 4 is 34.7 Å². The maximum absolute atomic E-state index is 12.0. The van der Waals surface area contributed by atoms with Crippen molar-refractivity contribution in [2.45, 2.75) is 26.4 Å². The highest BCUT2D eigenvalue weighted by atomic mass is 32.1. The van der Waals surface area contributed by atoms with Crippen LogP contribution < -0.4 is 5.32 Å². The molecule has 1 amide bonds. The number of esters is 1. The van der Waals surface area contributed by atoms with E-state index in [-0.39, 0.29) is 0 Å². The third-order valence-corrected chi connectivity index (χ3v) is 4.39. The van der Waals surface area contributed by atoms with E-state index in [1.54, 1.807) is 51.4 Å². The Morgan fingerprint density at radius 3 is 2.69 bits per heavy atom. The monoisotopic (exact) mass is 373 g/mol. The summed E-state index contributed by atoms with van der Waals surface area (Å²) in [5, 5.41) is 4.53. The second-order valence-electron chi connectivity index (χ2n) is 6.57. The second kappa shape index (κ2) is 6.80. The number of amides is 1. The molecule has 136 valence electrons. The number of carbonyl (C=O) groups is 2. The Kier molecular flexibility index (Phi) is 4.69. The molecule has 0 saturated heterocycles. The maximum atomic E-state index is 12.0. The minimum absolute atomic E-state index is 0.403. The van der Waals surface area contributed by atoms with Crippen molar-refractivity contribution in [1.82, 2.24) is 9.38 Å². The Morgan fingerprint density at radius 2 is 2.00 bits per heavy atom. The molecule has 0 radical (unpaired) electrons. The van der Waals surface area contributed by atoms with Crippen LogP contribution in [0.5, 0.6) is 0 Å². The van der Waals surface area contributed by atoms with Crippen LogP contribution >= 0.6 is 11.3 Å². The Hall–Kier alpha value is -2.87. The fraction of sp³-hybridized carbons (Fsp3) is 0.278. The molecule has 3 aromatic rings. The van der Waals surface area contributed by atoms with Crippen molar-refractivity contribution in [1.29, 1.82) is 0 Å². The smallest absolute Gasteiger partial charge is 0.412 e. The van der Waals surface area contributed by atoms with E-state index in [9.17, 15) is 9.59 Å². The van der Waals surface area contributed by atoms with Crippen molar-refractivity contribution in [3.63, 3.8) is 0 Å². The maximum Gasteiger partial charge on any atom is 0.412 e. The van der Waals surface area contributed by atoms with Gasteiger partial charge in [-0.3, -0.25) is 9.72 Å². The summed E-state index contributed by atoms with van der Waals surface area (Å²) in [6.07, 6.45) is 2.89. The van der Waals surface area contributed by atoms with Crippen LogP contribution in [-0.2, 0) is 9.47 Å². The number of aromatic nitrogens is 2. The number of anilines is 1. The van der Waals surface area contributed by atoms with Crippen molar-refractivity contribution < 1.29 is 19.1 Å². The lowest BCUT2D eigenvalue weighted by atomic mass is 10.2. The Morgan fingerprint density at radius 1 is 1.23 bits per heavy atom. The summed E-state index contributed by atoms with van der Waals surface area (Å²) in [6, 6.07) is 5.24. The summed E-state index contributed by atoms with van der Waals surface area (Å²) in [5.74, 6) is -0.403. The molecular weight excluding hydrogens is 354 g/mol. The molecule has 0 aromatic carbocycles. The number of hydrogen-bond acceptors (Lipinski definition) is 6. The lowest BCUT2D eigenvalue weighted by molar-refractivity contribution is 0.0599. The number of thiophene rings is 1. The number of methoxy groups -OCH3 is 1. The van der Waals surface area contributed by atoms with Gasteiger partial charge in [-0.25, -0.2) is 14.6 Å². The van der Waals surface area contributed by atoms with E-state index in [1.807, 2.05) is 9.78 Å². The third kappa shape index (κ3) is 3.70. The van der Waals surface area contributed by atoms with Crippen molar-refractivity contribution in [2.75, 3.05) is 12.4 Å². The topological polar surface area (TPSA) is 81.9 Å². The lowest BCUT2D eigenvalue weighted by Crippen LogP contribution is -2.27. The highest BCUT2D eigenvalue weighted by Crippen LogP contribution is 2.31. The van der Waals surface area contributed by atoms with Gasteiger partial charge in [0.1, 0.15) is 11.2 Å². The fourth-order valence-electron chi connectivity index (χ4n) is 2.42. The number of pyridine rings is 1. The van der Waals surface area contributed by atoms with Crippen LogP contribution in [0.1, 0.15) is 31.1 Å². The summed E-state index contributed by atoms with van der Waals surface area (Å²) >= 11 is 1.42. The van der Waals surface area contributed by atoms with E-state index in [2.05, 4.69) is 10.3 Å². The van der Waals surface area contributed by atoms with Crippen molar-refractivity contribution in [2.24, 2.45) is 0 Å². The molecule has 7 nitrogen and oxygen atoms in total. The fourth-order valence-corrected chi connectivity index (χ4v) is 3.31. The van der Waals surface area contributed by atoms with Crippen LogP contribution in [0.15, 0.2) is 36.0 Å². The molecular formula is C18H19N3O4S. The number of carbonyl (C=O) groups excluding carboxylic acids is 2. The normalized spacial score (nSPS) is 11.4. The van der Waals surface area contributed by atoms with Gasteiger partial charge in [-0.2, -0.15) is 0 Å². The van der Waals surface area contributed by atoms with Gasteiger partial charge in [-0.05, 0) is 44.4 Å². The molecule has 0 aliphatic heterocycles. The number of hydrogen-bond donors (Lipinski definition) is 1. The van der Waals surface area contributed by atoms with Crippen molar-refractivity contribution in [3.8, 4) is 10.6 Å². The Balaban J connectivity index is 1.96. The number of rotatable bonds is 3. The van der Waals surface area contributed by atoms with Crippen LogP contribution in [0.3, 0.4) is 0 Å². The molecule has 1 N–H and O–H groups in total. The zero-order valence-electron chi connectivity index (χ0n) is 14.9. The molecule has 0 atom stereocenters. The van der Waals surface area contributed by atoms with Gasteiger partial charge in [0.2, 0.25) is 0 Å². The average molecular weight is 373 g/mol. The molecule has 3 aromatic heterocycles. The molecule has 8 heteroatoms. The van der Waals surface area contributed by atoms with Gasteiger partial charge < -0.3 is 9.47 Å². The summed E-state index contributed by atoms with van der Waals surface area (Å²) < 4.78 is 11.9. The quantitative estimate of drug-likeness (QED) is 0.696. The zero-order valence-corrected chi connectivity index (χ0v) is 15.7. The van der Waals surface area contributed by atoms with Gasteiger partial charge in [-0.15, -0.1) is 11.3 Å². The predicted octanol–water partition coefficient (Wildman–Crippen LogP) is 4.20. The van der Waals surface area contributed by atoms with Gasteiger partial charge in [-0.1, -0.05) is 0 Å². The SMILES string of the molecule is COC(=O)c1ccsc1-c1cnc2ccc(NC(=O)OC(C)(C)C)cn12. The molecule has 0 spiro atoms. The molecule has 0 saturated carbocycles. The van der Waals surface area contributed by atoms with Gasteiger partial charge in [0.25, 0.3) is 0 Å². The van der Waals surface area contributed by atoms with E-state index in [1.165, 1.54) is 18.4 Å². The van der Waals surface area contributed by atoms with Crippen LogP contribution in [0.2, 0.25) is 0 Å². The van der Waals surface area contributed by atoms with Crippen molar-refractivity contribution in [3.05, 3.63) is 41.5 Å². The van der Waals surface area contributed by atoms with Gasteiger partial charge >= 0.3 is 12.1 Å². The molecule has 26 heavy (non-hydrogen) atoms. The predicted molar refractivity (Wildman–Crippen MR) is 99.7 cm³/mol. The highest BCUT2D eigenvalue weighted by molar-refractivity contribution is 7.14. The van der Waals surface area contributed by atoms with E-state index >= 15 is 0 Å². The minimum atomic E-state index is -0.583. The molecule has 0 aliphatic rings. The van der Waals surface area contributed by atoms with Crippen LogP contribution in [0.25, 0.3) is 16.2 Å². The zero-order chi connectivity index (χ0) is 18.9. The van der Waals surface area contributed by atoms with Gasteiger partial charge in [0.05, 0.1) is 35.1 Å². The van der Waals surface area contributed by atoms with E-state index in [0.29, 0.717) is 16.9 Å². The molecule has 0 fully saturated rings. The van der Waals surface area contributed by atoms with E-state index in [4.69, 9.17) is 9.47 Å². The van der Waals surface area contributed by atoms with E-state index < -0.39 is 17.7 Å². The molecule has 3 rings (SSSR count). The number of nitrogens with one attached hydrogen (secondary N) is 1. The van der Waals surface area contributed by atoms with Gasteiger partial charge in [0.15, 0.2) is 0 Å². The number of nitrogens with zero attached hydrogens (tertiary/aromatic N) is 2. The standard InChI is InChI=1S/C18H19N3O4S/c1-18(2,3)25-17(23)20-11-5-6-14-19-9-13(21(14)10-11)15-12(7-8-26-15)16(22)24-4/h5-10H,1-4H3,(H,20,23). The first-order valence-electron chi connectivity index (χ1n) is 7.92. The third-order valence-electron chi connectivity index (χ3n) is 3.45. The van der Waals surface area contributed by atoms with Gasteiger partial charge in [0, 0.05) is 6.20 Å². The average Bonchev–Trinajstić information content (AvgIpc) is 3.17. The molecule has 0 aliphatic carbocycles. The second-order valence-corrected chi connectivity index (χ2v) is 7.49. The van der Waals surface area contributed by atoms with Crippen LogP contribution in [-0.4, -0.2) is 34.2 Å². The first-order valence-corrected chi connectivity index (χ1v) is 8.80. The number of imidazole rings is 1. The van der Waals surface area contributed by atoms with Crippen LogP contribution in [0, 0.1) is 0 Å². The van der Waals surface area contributed by atoms with E-state index in [0.717, 1.165) is 10.6 Å². The summed E-state index contributed by atoms with van der Waals surface area (Å²) in [5.41, 5.74) is 1.88. The molecule has 0 bridgehead atoms. The Labute approximate surface area is 154 Å². The molecule has 3 heterocycles. The summed E-state index contributed by atoms with van der Waals surface area (Å²) in [7, 11) is 1.35. The summed E-state index contributed by atoms with van der Waals surface area (Å²) in [4.78, 5) is 29.0. The number of ether oxygens (including phenoxy) is 2. The van der Waals surface area contributed by atoms with Crippen LogP contribution in [0.4, 0.5) is 10.5 Å². The molecule has 0 unspecified atom stereocenters. The Bertz CT molecular complexity index is 968. The number of fused-ring (bicyclic) bond motifs is 1. The highest BCUT2D eigenvalue weighted by Gasteiger charge is 2.19. The first kappa shape index (κ1) is 17.9. The largest absolute Gasteiger partial charge is 0.465 e. The summed E-state index contributed by atoms with van der Waals surface area (Å²) in [6.45, 7) is 5.40.